The molecule has 0 aromatic heterocycles. The number of hydrogen-bond acceptors (Lipinski definition) is 3. The molecule has 0 saturated carbocycles. The lowest BCUT2D eigenvalue weighted by molar-refractivity contribution is -0.144. The highest BCUT2D eigenvalue weighted by molar-refractivity contribution is 5.78. The number of aliphatic carboxylic acids is 1. The molecule has 2 atom stereocenters. The van der Waals surface area contributed by atoms with Gasteiger partial charge in [0.05, 0.1) is 0 Å². The Labute approximate surface area is 123 Å². The standard InChI is InChI=1S/C16H32N2O2/c1-4-10-17-16(3,15(19)20)9-6-12-18-11-5-7-14(2)8-13-18/h14,17H,4-13H2,1-3H3,(H,19,20). The smallest absolute Gasteiger partial charge is 0.323 e. The molecule has 2 unspecified atom stereocenters. The maximum atomic E-state index is 11.4. The van der Waals surface area contributed by atoms with Gasteiger partial charge >= 0.3 is 5.97 Å². The summed E-state index contributed by atoms with van der Waals surface area (Å²) in [7, 11) is 0. The summed E-state index contributed by atoms with van der Waals surface area (Å²) < 4.78 is 0. The van der Waals surface area contributed by atoms with Crippen LogP contribution in [-0.2, 0) is 4.79 Å². The van der Waals surface area contributed by atoms with E-state index < -0.39 is 11.5 Å². The second kappa shape index (κ2) is 8.63. The molecule has 0 radical (unpaired) electrons. The van der Waals surface area contributed by atoms with Gasteiger partial charge in [-0.1, -0.05) is 13.8 Å². The molecule has 0 aromatic rings. The summed E-state index contributed by atoms with van der Waals surface area (Å²) in [6.45, 7) is 10.4. The highest BCUT2D eigenvalue weighted by Gasteiger charge is 2.31. The zero-order valence-corrected chi connectivity index (χ0v) is 13.5. The molecule has 1 fully saturated rings. The van der Waals surface area contributed by atoms with E-state index in [0.29, 0.717) is 6.42 Å². The van der Waals surface area contributed by atoms with Crippen LogP contribution in [0.3, 0.4) is 0 Å². The molecule has 1 saturated heterocycles. The minimum atomic E-state index is -0.769. The van der Waals surface area contributed by atoms with E-state index >= 15 is 0 Å². The minimum Gasteiger partial charge on any atom is -0.480 e. The molecular weight excluding hydrogens is 252 g/mol. The summed E-state index contributed by atoms with van der Waals surface area (Å²) >= 11 is 0. The molecular formula is C16H32N2O2. The Kier molecular flexibility index (Phi) is 7.52. The van der Waals surface area contributed by atoms with Gasteiger partial charge in [0.1, 0.15) is 5.54 Å². The SMILES string of the molecule is CCCNC(C)(CCCN1CCCC(C)CC1)C(=O)O. The number of hydrogen-bond donors (Lipinski definition) is 2. The van der Waals surface area contributed by atoms with Gasteiger partial charge in [-0.2, -0.15) is 0 Å². The summed E-state index contributed by atoms with van der Waals surface area (Å²) in [5.41, 5.74) is -0.769. The fourth-order valence-corrected chi connectivity index (χ4v) is 2.87. The van der Waals surface area contributed by atoms with E-state index in [1.165, 1.54) is 32.4 Å². The van der Waals surface area contributed by atoms with Crippen molar-refractivity contribution in [1.82, 2.24) is 10.2 Å². The molecule has 0 amide bonds. The molecule has 4 nitrogen and oxygen atoms in total. The van der Waals surface area contributed by atoms with Crippen LogP contribution < -0.4 is 5.32 Å². The van der Waals surface area contributed by atoms with E-state index in [9.17, 15) is 9.90 Å². The molecule has 0 spiro atoms. The van der Waals surface area contributed by atoms with Crippen LogP contribution in [-0.4, -0.2) is 47.7 Å². The number of likely N-dealkylation sites (tertiary alicyclic amines) is 1. The second-order valence-electron chi connectivity index (χ2n) is 6.55. The van der Waals surface area contributed by atoms with Crippen LogP contribution in [0.2, 0.25) is 0 Å². The Bertz CT molecular complexity index is 296. The van der Waals surface area contributed by atoms with E-state index in [1.807, 2.05) is 6.92 Å². The van der Waals surface area contributed by atoms with Gasteiger partial charge in [-0.3, -0.25) is 4.79 Å². The molecule has 2 N–H and O–H groups in total. The summed E-state index contributed by atoms with van der Waals surface area (Å²) in [4.78, 5) is 13.9. The number of carboxylic acid groups (broad SMARTS) is 1. The lowest BCUT2D eigenvalue weighted by Crippen LogP contribution is -2.50. The van der Waals surface area contributed by atoms with Crippen molar-refractivity contribution in [2.75, 3.05) is 26.2 Å². The number of rotatable bonds is 8. The summed E-state index contributed by atoms with van der Waals surface area (Å²) in [6.07, 6.45) is 6.52. The normalized spacial score (nSPS) is 24.1. The summed E-state index contributed by atoms with van der Waals surface area (Å²) in [6, 6.07) is 0. The van der Waals surface area contributed by atoms with Crippen molar-refractivity contribution in [2.24, 2.45) is 5.92 Å². The third-order valence-electron chi connectivity index (χ3n) is 4.50. The quantitative estimate of drug-likeness (QED) is 0.719. The van der Waals surface area contributed by atoms with Gasteiger partial charge in [0.2, 0.25) is 0 Å². The summed E-state index contributed by atoms with van der Waals surface area (Å²) in [5, 5.41) is 12.6. The fraction of sp³-hybridized carbons (Fsp3) is 0.938. The van der Waals surface area contributed by atoms with Crippen molar-refractivity contribution in [2.45, 2.75) is 64.8 Å². The molecule has 20 heavy (non-hydrogen) atoms. The van der Waals surface area contributed by atoms with Crippen molar-refractivity contribution >= 4 is 5.97 Å². The van der Waals surface area contributed by atoms with Gasteiger partial charge in [-0.15, -0.1) is 0 Å². The maximum absolute atomic E-state index is 11.4. The van der Waals surface area contributed by atoms with E-state index in [4.69, 9.17) is 0 Å². The average molecular weight is 284 g/mol. The number of nitrogens with zero attached hydrogens (tertiary/aromatic N) is 1. The van der Waals surface area contributed by atoms with E-state index in [0.717, 1.165) is 31.8 Å². The number of nitrogens with one attached hydrogen (secondary N) is 1. The highest BCUT2D eigenvalue weighted by Crippen LogP contribution is 2.18. The molecule has 1 aliphatic heterocycles. The zero-order valence-electron chi connectivity index (χ0n) is 13.5. The summed E-state index contributed by atoms with van der Waals surface area (Å²) in [5.74, 6) is 0.117. The number of carboxylic acids is 1. The molecule has 118 valence electrons. The first kappa shape index (κ1) is 17.4. The molecule has 0 aromatic carbocycles. The third kappa shape index (κ3) is 5.80. The fourth-order valence-electron chi connectivity index (χ4n) is 2.87. The van der Waals surface area contributed by atoms with E-state index in [-0.39, 0.29) is 0 Å². The highest BCUT2D eigenvalue weighted by atomic mass is 16.4. The lowest BCUT2D eigenvalue weighted by Gasteiger charge is -2.28. The van der Waals surface area contributed by atoms with Gasteiger partial charge in [0, 0.05) is 0 Å². The average Bonchev–Trinajstić information content (AvgIpc) is 2.61. The molecule has 1 aliphatic rings. The molecule has 0 aliphatic carbocycles. The second-order valence-corrected chi connectivity index (χ2v) is 6.55. The zero-order chi connectivity index (χ0) is 15.0. The van der Waals surface area contributed by atoms with E-state index in [2.05, 4.69) is 24.1 Å². The molecule has 1 heterocycles. The maximum Gasteiger partial charge on any atom is 0.323 e. The van der Waals surface area contributed by atoms with Crippen molar-refractivity contribution < 1.29 is 9.90 Å². The Balaban J connectivity index is 2.34. The van der Waals surface area contributed by atoms with Crippen LogP contribution in [0.5, 0.6) is 0 Å². The largest absolute Gasteiger partial charge is 0.480 e. The number of carbonyl (C=O) groups is 1. The third-order valence-corrected chi connectivity index (χ3v) is 4.50. The van der Waals surface area contributed by atoms with Crippen LogP contribution >= 0.6 is 0 Å². The topological polar surface area (TPSA) is 52.6 Å². The first-order chi connectivity index (χ1) is 9.48. The van der Waals surface area contributed by atoms with Gasteiger partial charge in [0.15, 0.2) is 0 Å². The monoisotopic (exact) mass is 284 g/mol. The van der Waals surface area contributed by atoms with Gasteiger partial charge in [0.25, 0.3) is 0 Å². The van der Waals surface area contributed by atoms with Crippen LogP contribution in [0.4, 0.5) is 0 Å². The van der Waals surface area contributed by atoms with Crippen molar-refractivity contribution in [3.05, 3.63) is 0 Å². The van der Waals surface area contributed by atoms with Crippen LogP contribution in [0, 0.1) is 5.92 Å². The Morgan fingerprint density at radius 3 is 2.80 bits per heavy atom. The van der Waals surface area contributed by atoms with Gasteiger partial charge < -0.3 is 15.3 Å². The predicted molar refractivity (Wildman–Crippen MR) is 83.0 cm³/mol. The van der Waals surface area contributed by atoms with E-state index in [1.54, 1.807) is 0 Å². The van der Waals surface area contributed by atoms with Crippen LogP contribution in [0.15, 0.2) is 0 Å². The Hall–Kier alpha value is -0.610. The first-order valence-corrected chi connectivity index (χ1v) is 8.18. The van der Waals surface area contributed by atoms with Crippen molar-refractivity contribution in [3.8, 4) is 0 Å². The predicted octanol–water partition coefficient (Wildman–Crippen LogP) is 2.73. The van der Waals surface area contributed by atoms with Crippen LogP contribution in [0.25, 0.3) is 0 Å². The van der Waals surface area contributed by atoms with Crippen molar-refractivity contribution in [3.63, 3.8) is 0 Å². The minimum absolute atomic E-state index is 0.703. The molecule has 1 rings (SSSR count). The Morgan fingerprint density at radius 1 is 1.40 bits per heavy atom. The van der Waals surface area contributed by atoms with Gasteiger partial charge in [-0.05, 0) is 77.5 Å². The molecule has 4 heteroatoms. The first-order valence-electron chi connectivity index (χ1n) is 8.18. The Morgan fingerprint density at radius 2 is 2.15 bits per heavy atom. The van der Waals surface area contributed by atoms with Crippen molar-refractivity contribution in [1.29, 1.82) is 0 Å². The molecule has 0 bridgehead atoms. The van der Waals surface area contributed by atoms with Gasteiger partial charge in [-0.25, -0.2) is 0 Å². The lowest BCUT2D eigenvalue weighted by atomic mass is 9.95. The van der Waals surface area contributed by atoms with Crippen LogP contribution in [0.1, 0.15) is 59.3 Å².